The van der Waals surface area contributed by atoms with Gasteiger partial charge in [0.1, 0.15) is 12.7 Å². The van der Waals surface area contributed by atoms with Crippen molar-refractivity contribution in [1.29, 1.82) is 0 Å². The normalized spacial score (nSPS) is 12.0. The number of halogens is 3. The van der Waals surface area contributed by atoms with Crippen LogP contribution < -0.4 is 10.5 Å². The second kappa shape index (κ2) is 6.82. The van der Waals surface area contributed by atoms with Gasteiger partial charge < -0.3 is 15.2 Å². The van der Waals surface area contributed by atoms with E-state index >= 15 is 0 Å². The van der Waals surface area contributed by atoms with Crippen molar-refractivity contribution in [2.75, 3.05) is 6.61 Å². The van der Waals surface area contributed by atoms with E-state index in [0.717, 1.165) is 0 Å². The van der Waals surface area contributed by atoms with Crippen LogP contribution in [0.1, 0.15) is 13.3 Å². The molecular formula is C9H10Cl3N3O3. The van der Waals surface area contributed by atoms with Crippen LogP contribution in [-0.4, -0.2) is 28.8 Å². The van der Waals surface area contributed by atoms with E-state index in [2.05, 4.69) is 9.97 Å². The van der Waals surface area contributed by atoms with Crippen LogP contribution in [0.3, 0.4) is 0 Å². The summed E-state index contributed by atoms with van der Waals surface area (Å²) in [7, 11) is 0. The van der Waals surface area contributed by atoms with Crippen LogP contribution in [-0.2, 0) is 4.74 Å². The van der Waals surface area contributed by atoms with E-state index in [-0.39, 0.29) is 27.9 Å². The second-order valence-corrected chi connectivity index (χ2v) is 4.24. The molecule has 0 aliphatic carbocycles. The Labute approximate surface area is 118 Å². The Balaban J connectivity index is 2.70. The Morgan fingerprint density at radius 1 is 1.33 bits per heavy atom. The minimum absolute atomic E-state index is 0.0195. The second-order valence-electron chi connectivity index (χ2n) is 3.18. The number of ether oxygens (including phenoxy) is 2. The van der Waals surface area contributed by atoms with Gasteiger partial charge in [0.2, 0.25) is 5.28 Å². The molecule has 1 heterocycles. The lowest BCUT2D eigenvalue weighted by molar-refractivity contribution is 0.0692. The average Bonchev–Trinajstić information content (AvgIpc) is 2.25. The molecule has 2 N–H and O–H groups in total. The van der Waals surface area contributed by atoms with E-state index in [9.17, 15) is 4.79 Å². The standard InChI is InChI=1S/C9H10Cl3N3O3/c1-2-4(18-9(13)16)3-17-5-6(10)14-8(12)15-7(5)11/h4H,2-3H2,1H3,(H2,13,16)/t4-/m1/s1. The van der Waals surface area contributed by atoms with Crippen molar-refractivity contribution in [3.8, 4) is 5.75 Å². The number of carbonyl (C=O) groups excluding carboxylic acids is 1. The lowest BCUT2D eigenvalue weighted by Crippen LogP contribution is -2.27. The number of nitrogens with two attached hydrogens (primary N) is 1. The number of aromatic nitrogens is 2. The number of amides is 1. The van der Waals surface area contributed by atoms with E-state index in [4.69, 9.17) is 50.0 Å². The van der Waals surface area contributed by atoms with Crippen LogP contribution >= 0.6 is 34.8 Å². The van der Waals surface area contributed by atoms with Gasteiger partial charge in [-0.05, 0) is 18.0 Å². The molecule has 1 atom stereocenters. The minimum atomic E-state index is -0.880. The largest absolute Gasteiger partial charge is 0.483 e. The summed E-state index contributed by atoms with van der Waals surface area (Å²) in [6, 6.07) is 0. The first-order valence-corrected chi connectivity index (χ1v) is 6.04. The fraction of sp³-hybridized carbons (Fsp3) is 0.444. The number of hydrogen-bond donors (Lipinski definition) is 1. The molecule has 0 saturated heterocycles. The molecule has 0 aliphatic heterocycles. The van der Waals surface area contributed by atoms with Gasteiger partial charge in [-0.2, -0.15) is 0 Å². The molecular weight excluding hydrogens is 304 g/mol. The van der Waals surface area contributed by atoms with Crippen molar-refractivity contribution in [2.45, 2.75) is 19.4 Å². The van der Waals surface area contributed by atoms with Crippen LogP contribution in [0.2, 0.25) is 15.6 Å². The van der Waals surface area contributed by atoms with Crippen LogP contribution in [0.4, 0.5) is 4.79 Å². The first-order valence-electron chi connectivity index (χ1n) is 4.91. The summed E-state index contributed by atoms with van der Waals surface area (Å²) in [5.74, 6) is 0.0780. The van der Waals surface area contributed by atoms with Gasteiger partial charge in [-0.25, -0.2) is 14.8 Å². The first-order chi connectivity index (χ1) is 8.43. The molecule has 0 unspecified atom stereocenters. The first kappa shape index (κ1) is 15.1. The topological polar surface area (TPSA) is 87.3 Å². The van der Waals surface area contributed by atoms with Gasteiger partial charge in [0, 0.05) is 0 Å². The van der Waals surface area contributed by atoms with Crippen molar-refractivity contribution in [2.24, 2.45) is 5.73 Å². The smallest absolute Gasteiger partial charge is 0.404 e. The molecule has 1 aromatic heterocycles. The number of primary amides is 1. The number of carbonyl (C=O) groups is 1. The predicted molar refractivity (Wildman–Crippen MR) is 67.3 cm³/mol. The molecule has 0 bridgehead atoms. The highest BCUT2D eigenvalue weighted by Crippen LogP contribution is 2.30. The van der Waals surface area contributed by atoms with Crippen LogP contribution in [0.5, 0.6) is 5.75 Å². The lowest BCUT2D eigenvalue weighted by atomic mass is 10.3. The van der Waals surface area contributed by atoms with Gasteiger partial charge in [0.15, 0.2) is 16.1 Å². The molecule has 0 spiro atoms. The summed E-state index contributed by atoms with van der Waals surface area (Å²) in [6.45, 7) is 1.84. The molecule has 1 rings (SSSR count). The summed E-state index contributed by atoms with van der Waals surface area (Å²) < 4.78 is 10.1. The lowest BCUT2D eigenvalue weighted by Gasteiger charge is -2.16. The minimum Gasteiger partial charge on any atom is -0.483 e. The third-order valence-electron chi connectivity index (χ3n) is 1.91. The van der Waals surface area contributed by atoms with Crippen LogP contribution in [0.15, 0.2) is 0 Å². The van der Waals surface area contributed by atoms with Crippen molar-refractivity contribution in [1.82, 2.24) is 9.97 Å². The maximum Gasteiger partial charge on any atom is 0.404 e. The number of nitrogens with zero attached hydrogens (tertiary/aromatic N) is 2. The maximum atomic E-state index is 10.6. The summed E-state index contributed by atoms with van der Waals surface area (Å²) in [5, 5.41) is -0.124. The average molecular weight is 315 g/mol. The monoisotopic (exact) mass is 313 g/mol. The van der Waals surface area contributed by atoms with Gasteiger partial charge >= 0.3 is 6.09 Å². The zero-order valence-corrected chi connectivity index (χ0v) is 11.6. The van der Waals surface area contributed by atoms with Gasteiger partial charge in [-0.15, -0.1) is 0 Å². The molecule has 18 heavy (non-hydrogen) atoms. The molecule has 0 saturated carbocycles. The maximum absolute atomic E-state index is 10.6. The highest BCUT2D eigenvalue weighted by molar-refractivity contribution is 6.37. The molecule has 100 valence electrons. The van der Waals surface area contributed by atoms with E-state index in [1.54, 1.807) is 6.92 Å². The summed E-state index contributed by atoms with van der Waals surface area (Å²) in [4.78, 5) is 18.0. The molecule has 0 fully saturated rings. The van der Waals surface area contributed by atoms with Crippen LogP contribution in [0.25, 0.3) is 0 Å². The Morgan fingerprint density at radius 3 is 2.33 bits per heavy atom. The molecule has 1 aromatic rings. The van der Waals surface area contributed by atoms with Crippen molar-refractivity contribution in [3.05, 3.63) is 15.6 Å². The number of rotatable bonds is 5. The van der Waals surface area contributed by atoms with Gasteiger partial charge in [-0.1, -0.05) is 30.1 Å². The molecule has 0 radical (unpaired) electrons. The van der Waals surface area contributed by atoms with E-state index < -0.39 is 12.2 Å². The molecule has 9 heteroatoms. The third-order valence-corrected chi connectivity index (χ3v) is 2.59. The Hall–Kier alpha value is -0.980. The molecule has 0 aromatic carbocycles. The van der Waals surface area contributed by atoms with Gasteiger partial charge in [0.05, 0.1) is 0 Å². The highest BCUT2D eigenvalue weighted by atomic mass is 35.5. The fourth-order valence-corrected chi connectivity index (χ4v) is 1.82. The Bertz CT molecular complexity index is 421. The van der Waals surface area contributed by atoms with E-state index in [0.29, 0.717) is 6.42 Å². The Morgan fingerprint density at radius 2 is 1.89 bits per heavy atom. The van der Waals surface area contributed by atoms with Crippen LogP contribution in [0, 0.1) is 0 Å². The highest BCUT2D eigenvalue weighted by Gasteiger charge is 2.16. The van der Waals surface area contributed by atoms with Crippen molar-refractivity contribution < 1.29 is 14.3 Å². The quantitative estimate of drug-likeness (QED) is 0.667. The van der Waals surface area contributed by atoms with Crippen molar-refractivity contribution >= 4 is 40.9 Å². The van der Waals surface area contributed by atoms with E-state index in [1.165, 1.54) is 0 Å². The number of hydrogen-bond acceptors (Lipinski definition) is 5. The predicted octanol–water partition coefficient (Wildman–Crippen LogP) is 2.69. The summed E-state index contributed by atoms with van der Waals surface area (Å²) in [6.07, 6.45) is -0.868. The van der Waals surface area contributed by atoms with Gasteiger partial charge in [0.25, 0.3) is 0 Å². The fourth-order valence-electron chi connectivity index (χ4n) is 1.07. The zero-order valence-electron chi connectivity index (χ0n) is 9.32. The van der Waals surface area contributed by atoms with E-state index in [1.807, 2.05) is 0 Å². The SMILES string of the molecule is CC[C@H](COc1c(Cl)nc(Cl)nc1Cl)OC(N)=O. The summed E-state index contributed by atoms with van der Waals surface area (Å²) in [5.41, 5.74) is 4.91. The van der Waals surface area contributed by atoms with Gasteiger partial charge in [-0.3, -0.25) is 0 Å². The Kier molecular flexibility index (Phi) is 5.71. The molecule has 1 amide bonds. The van der Waals surface area contributed by atoms with Crippen molar-refractivity contribution in [3.63, 3.8) is 0 Å². The zero-order chi connectivity index (χ0) is 13.7. The molecule has 6 nitrogen and oxygen atoms in total. The summed E-state index contributed by atoms with van der Waals surface area (Å²) >= 11 is 17.1. The molecule has 0 aliphatic rings. The third kappa shape index (κ3) is 4.36.